The number of amides is 1. The fraction of sp³-hybridized carbons (Fsp3) is 0.417. The Bertz CT molecular complexity index is 1050. The van der Waals surface area contributed by atoms with Gasteiger partial charge in [-0.3, -0.25) is 9.69 Å². The van der Waals surface area contributed by atoms with Gasteiger partial charge < -0.3 is 19.1 Å². The highest BCUT2D eigenvalue weighted by molar-refractivity contribution is 6.07. The van der Waals surface area contributed by atoms with E-state index in [0.29, 0.717) is 49.8 Å². The van der Waals surface area contributed by atoms with Crippen molar-refractivity contribution in [2.45, 2.75) is 19.6 Å². The van der Waals surface area contributed by atoms with Gasteiger partial charge in [0.2, 0.25) is 0 Å². The van der Waals surface area contributed by atoms with Gasteiger partial charge in [0.25, 0.3) is 5.91 Å². The Morgan fingerprint density at radius 1 is 0.971 bits per heavy atom. The summed E-state index contributed by atoms with van der Waals surface area (Å²) in [6.07, 6.45) is -4.37. The van der Waals surface area contributed by atoms with Gasteiger partial charge in [-0.15, -0.1) is 0 Å². The van der Waals surface area contributed by atoms with E-state index in [1.54, 1.807) is 11.8 Å². The van der Waals surface area contributed by atoms with Crippen molar-refractivity contribution in [3.05, 3.63) is 58.1 Å². The summed E-state index contributed by atoms with van der Waals surface area (Å²) in [7, 11) is 4.13. The van der Waals surface area contributed by atoms with Gasteiger partial charge in [0, 0.05) is 38.3 Å². The summed E-state index contributed by atoms with van der Waals surface area (Å²) < 4.78 is 53.9. The van der Waals surface area contributed by atoms with Crippen LogP contribution in [0.1, 0.15) is 37.4 Å². The summed E-state index contributed by atoms with van der Waals surface area (Å²) in [5, 5.41) is 0. The number of benzene rings is 2. The summed E-state index contributed by atoms with van der Waals surface area (Å²) in [6.45, 7) is 4.02. The maximum Gasteiger partial charge on any atom is 0.416 e. The number of rotatable bonds is 6. The number of piperazine rings is 1. The molecule has 0 atom stereocenters. The molecule has 1 heterocycles. The van der Waals surface area contributed by atoms with Gasteiger partial charge in [-0.2, -0.15) is 13.2 Å². The fourth-order valence-corrected chi connectivity index (χ4v) is 4.05. The highest BCUT2D eigenvalue weighted by Crippen LogP contribution is 2.36. The van der Waals surface area contributed by atoms with E-state index in [1.807, 2.05) is 0 Å². The van der Waals surface area contributed by atoms with E-state index in [1.165, 1.54) is 39.5 Å². The molecule has 1 saturated heterocycles. The molecule has 0 bridgehead atoms. The first kappa shape index (κ1) is 25.4. The first-order valence-electron chi connectivity index (χ1n) is 10.6. The van der Waals surface area contributed by atoms with Crippen molar-refractivity contribution in [1.82, 2.24) is 9.80 Å². The largest absolute Gasteiger partial charge is 0.493 e. The predicted octanol–water partition coefficient (Wildman–Crippen LogP) is 3.78. The Hall–Kier alpha value is -3.27. The zero-order valence-electron chi connectivity index (χ0n) is 19.5. The molecule has 0 unspecified atom stereocenters. The Morgan fingerprint density at radius 3 is 2.09 bits per heavy atom. The topological polar surface area (TPSA) is 68.3 Å². The molecule has 1 aliphatic rings. The zero-order chi connectivity index (χ0) is 25.0. The molecule has 2 aromatic carbocycles. The minimum Gasteiger partial charge on any atom is -0.493 e. The monoisotopic (exact) mass is 480 g/mol. The zero-order valence-corrected chi connectivity index (χ0v) is 19.5. The van der Waals surface area contributed by atoms with Crippen molar-refractivity contribution >= 4 is 11.9 Å². The first-order chi connectivity index (χ1) is 16.1. The summed E-state index contributed by atoms with van der Waals surface area (Å²) in [4.78, 5) is 29.5. The summed E-state index contributed by atoms with van der Waals surface area (Å²) in [5.41, 5.74) is 0.838. The Balaban J connectivity index is 1.74. The fourth-order valence-electron chi connectivity index (χ4n) is 4.05. The van der Waals surface area contributed by atoms with E-state index in [4.69, 9.17) is 14.2 Å². The van der Waals surface area contributed by atoms with E-state index < -0.39 is 17.7 Å². The maximum absolute atomic E-state index is 13.4. The molecule has 3 rings (SSSR count). The van der Waals surface area contributed by atoms with Gasteiger partial charge in [-0.1, -0.05) is 12.1 Å². The van der Waals surface area contributed by atoms with Crippen LogP contribution in [-0.4, -0.2) is 69.2 Å². The van der Waals surface area contributed by atoms with Crippen LogP contribution in [0.5, 0.6) is 11.5 Å². The van der Waals surface area contributed by atoms with Gasteiger partial charge in [0.1, 0.15) is 0 Å². The highest BCUT2D eigenvalue weighted by Gasteiger charge is 2.31. The maximum atomic E-state index is 13.4. The van der Waals surface area contributed by atoms with Crippen LogP contribution in [0.3, 0.4) is 0 Å². The van der Waals surface area contributed by atoms with Gasteiger partial charge in [0.15, 0.2) is 11.5 Å². The lowest BCUT2D eigenvalue weighted by Gasteiger charge is -2.35. The van der Waals surface area contributed by atoms with E-state index in [2.05, 4.69) is 4.90 Å². The minimum absolute atomic E-state index is 0.0924. The van der Waals surface area contributed by atoms with E-state index in [9.17, 15) is 22.8 Å². The molecule has 1 fully saturated rings. The molecule has 0 radical (unpaired) electrons. The van der Waals surface area contributed by atoms with Crippen molar-refractivity contribution in [3.8, 4) is 11.5 Å². The quantitative estimate of drug-likeness (QED) is 0.587. The summed E-state index contributed by atoms with van der Waals surface area (Å²) in [5.74, 6) is -0.306. The molecule has 184 valence electrons. The van der Waals surface area contributed by atoms with Gasteiger partial charge in [-0.05, 0) is 30.7 Å². The number of nitrogens with zero attached hydrogens (tertiary/aromatic N) is 2. The predicted molar refractivity (Wildman–Crippen MR) is 118 cm³/mol. The number of methoxy groups -OCH3 is 3. The SMILES string of the molecule is COC(=O)c1cc(OC)c(OC)c(C)c1C(=O)N1CCN(Cc2ccc(C(F)(F)F)cc2)CC1. The first-order valence-corrected chi connectivity index (χ1v) is 10.6. The average Bonchev–Trinajstić information content (AvgIpc) is 2.82. The lowest BCUT2D eigenvalue weighted by molar-refractivity contribution is -0.137. The molecule has 1 amide bonds. The second-order valence-corrected chi connectivity index (χ2v) is 7.91. The molecule has 0 N–H and O–H groups in total. The van der Waals surface area contributed by atoms with Crippen molar-refractivity contribution < 1.29 is 37.0 Å². The van der Waals surface area contributed by atoms with Gasteiger partial charge in [-0.25, -0.2) is 4.79 Å². The second-order valence-electron chi connectivity index (χ2n) is 7.91. The number of halogens is 3. The number of ether oxygens (including phenoxy) is 3. The van der Waals surface area contributed by atoms with Crippen LogP contribution in [0.4, 0.5) is 13.2 Å². The minimum atomic E-state index is -4.37. The van der Waals surface area contributed by atoms with Crippen LogP contribution in [0.25, 0.3) is 0 Å². The van der Waals surface area contributed by atoms with Crippen molar-refractivity contribution in [1.29, 1.82) is 0 Å². The van der Waals surface area contributed by atoms with Crippen molar-refractivity contribution in [2.24, 2.45) is 0 Å². The Labute approximate surface area is 196 Å². The third-order valence-corrected chi connectivity index (χ3v) is 5.87. The molecule has 0 aliphatic carbocycles. The van der Waals surface area contributed by atoms with Crippen LogP contribution in [-0.2, 0) is 17.5 Å². The lowest BCUT2D eigenvalue weighted by Crippen LogP contribution is -2.48. The van der Waals surface area contributed by atoms with Crippen LogP contribution in [0.15, 0.2) is 30.3 Å². The van der Waals surface area contributed by atoms with Crippen molar-refractivity contribution in [2.75, 3.05) is 47.5 Å². The molecular formula is C24H27F3N2O5. The number of hydrogen-bond acceptors (Lipinski definition) is 6. The van der Waals surface area contributed by atoms with Crippen LogP contribution in [0, 0.1) is 6.92 Å². The molecule has 34 heavy (non-hydrogen) atoms. The third-order valence-electron chi connectivity index (χ3n) is 5.87. The normalized spacial score (nSPS) is 14.6. The van der Waals surface area contributed by atoms with E-state index >= 15 is 0 Å². The highest BCUT2D eigenvalue weighted by atomic mass is 19.4. The van der Waals surface area contributed by atoms with E-state index in [0.717, 1.165) is 17.7 Å². The van der Waals surface area contributed by atoms with Crippen LogP contribution < -0.4 is 9.47 Å². The molecular weight excluding hydrogens is 453 g/mol. The van der Waals surface area contributed by atoms with Gasteiger partial charge in [0.05, 0.1) is 38.0 Å². The number of carbonyl (C=O) groups excluding carboxylic acids is 2. The molecule has 0 spiro atoms. The summed E-state index contributed by atoms with van der Waals surface area (Å²) >= 11 is 0. The number of hydrogen-bond donors (Lipinski definition) is 0. The van der Waals surface area contributed by atoms with Crippen LogP contribution in [0.2, 0.25) is 0 Å². The molecule has 10 heteroatoms. The molecule has 7 nitrogen and oxygen atoms in total. The smallest absolute Gasteiger partial charge is 0.416 e. The third kappa shape index (κ3) is 5.27. The number of carbonyl (C=O) groups is 2. The molecule has 2 aromatic rings. The van der Waals surface area contributed by atoms with Crippen LogP contribution >= 0.6 is 0 Å². The number of esters is 1. The Morgan fingerprint density at radius 2 is 1.59 bits per heavy atom. The second kappa shape index (κ2) is 10.3. The lowest BCUT2D eigenvalue weighted by atomic mass is 9.98. The van der Waals surface area contributed by atoms with E-state index in [-0.39, 0.29) is 17.0 Å². The average molecular weight is 480 g/mol. The number of alkyl halides is 3. The van der Waals surface area contributed by atoms with Gasteiger partial charge >= 0.3 is 12.1 Å². The molecule has 1 aliphatic heterocycles. The summed E-state index contributed by atoms with van der Waals surface area (Å²) in [6, 6.07) is 6.52. The van der Waals surface area contributed by atoms with Crippen molar-refractivity contribution in [3.63, 3.8) is 0 Å². The Kier molecular flexibility index (Phi) is 7.71. The standard InChI is InChI=1S/C24H27F3N2O5/c1-15-20(18(23(31)34-4)13-19(32-2)21(15)33-3)22(30)29-11-9-28(10-12-29)14-16-5-7-17(8-6-16)24(25,26)27/h5-8,13H,9-12,14H2,1-4H3. The molecule has 0 aromatic heterocycles. The molecule has 0 saturated carbocycles.